The van der Waals surface area contributed by atoms with Crippen LogP contribution in [0.15, 0.2) is 14.3 Å². The Morgan fingerprint density at radius 1 is 1.56 bits per heavy atom. The number of hydrogen-bond acceptors (Lipinski definition) is 1. The molecule has 1 atom stereocenters. The van der Waals surface area contributed by atoms with Gasteiger partial charge >= 0.3 is 0 Å². The lowest BCUT2D eigenvalue weighted by atomic mass is 10.4. The monoisotopic (exact) mass is 163 g/mol. The minimum atomic E-state index is -1.19. The second-order valence-electron chi connectivity index (χ2n) is 1.80. The van der Waals surface area contributed by atoms with Gasteiger partial charge in [-0.2, -0.15) is 4.40 Å². The Kier molecular flexibility index (Phi) is 1.73. The minimum absolute atomic E-state index is 0.549. The first-order valence-electron chi connectivity index (χ1n) is 2.47. The van der Waals surface area contributed by atoms with Crippen LogP contribution in [0.5, 0.6) is 0 Å². The highest BCUT2D eigenvalue weighted by molar-refractivity contribution is 7.88. The third-order valence-corrected chi connectivity index (χ3v) is 2.95. The molecule has 0 amide bonds. The SMILES string of the molecule is CC1=NS(=O)C(C)=C1Cl. The lowest BCUT2D eigenvalue weighted by Crippen LogP contribution is -1.83. The second-order valence-corrected chi connectivity index (χ2v) is 3.47. The highest BCUT2D eigenvalue weighted by atomic mass is 35.5. The van der Waals surface area contributed by atoms with Crippen LogP contribution in [0.4, 0.5) is 0 Å². The predicted molar refractivity (Wildman–Crippen MR) is 39.8 cm³/mol. The van der Waals surface area contributed by atoms with E-state index in [9.17, 15) is 4.21 Å². The van der Waals surface area contributed by atoms with Crippen LogP contribution in [0, 0.1) is 0 Å². The fraction of sp³-hybridized carbons (Fsp3) is 0.400. The normalized spacial score (nSPS) is 27.0. The largest absolute Gasteiger partial charge is 0.230 e. The molecule has 0 N–H and O–H groups in total. The molecule has 0 radical (unpaired) electrons. The van der Waals surface area contributed by atoms with E-state index in [1.165, 1.54) is 0 Å². The van der Waals surface area contributed by atoms with E-state index >= 15 is 0 Å². The number of allylic oxidation sites excluding steroid dienone is 2. The first kappa shape index (κ1) is 6.96. The van der Waals surface area contributed by atoms with E-state index in [-0.39, 0.29) is 0 Å². The van der Waals surface area contributed by atoms with Gasteiger partial charge in [0, 0.05) is 0 Å². The van der Waals surface area contributed by atoms with Crippen LogP contribution >= 0.6 is 11.6 Å². The highest BCUT2D eigenvalue weighted by Crippen LogP contribution is 2.22. The first-order valence-corrected chi connectivity index (χ1v) is 3.95. The molecule has 0 aromatic heterocycles. The average Bonchev–Trinajstić information content (AvgIpc) is 1.98. The molecule has 0 aliphatic carbocycles. The van der Waals surface area contributed by atoms with Crippen molar-refractivity contribution < 1.29 is 4.21 Å². The van der Waals surface area contributed by atoms with Crippen molar-refractivity contribution in [2.24, 2.45) is 4.40 Å². The van der Waals surface area contributed by atoms with Gasteiger partial charge in [0.05, 0.1) is 15.6 Å². The molecule has 0 fully saturated rings. The molecule has 9 heavy (non-hydrogen) atoms. The molecule has 0 aromatic rings. The minimum Gasteiger partial charge on any atom is -0.230 e. The predicted octanol–water partition coefficient (Wildman–Crippen LogP) is 1.59. The smallest absolute Gasteiger partial charge is 0.169 e. The molecule has 1 aliphatic rings. The van der Waals surface area contributed by atoms with Crippen molar-refractivity contribution in [3.05, 3.63) is 9.94 Å². The van der Waals surface area contributed by atoms with Crippen molar-refractivity contribution in [3.8, 4) is 0 Å². The highest BCUT2D eigenvalue weighted by Gasteiger charge is 2.16. The van der Waals surface area contributed by atoms with Gasteiger partial charge in [0.2, 0.25) is 0 Å². The third-order valence-electron chi connectivity index (χ3n) is 1.11. The molecule has 1 heterocycles. The van der Waals surface area contributed by atoms with Gasteiger partial charge in [-0.1, -0.05) is 11.6 Å². The van der Waals surface area contributed by atoms with E-state index < -0.39 is 11.0 Å². The Balaban J connectivity index is 3.11. The molecule has 50 valence electrons. The van der Waals surface area contributed by atoms with Crippen LogP contribution in [-0.4, -0.2) is 9.92 Å². The molecule has 1 unspecified atom stereocenters. The molecule has 0 spiro atoms. The van der Waals surface area contributed by atoms with E-state index in [1.54, 1.807) is 13.8 Å². The number of halogens is 1. The quantitative estimate of drug-likeness (QED) is 0.534. The van der Waals surface area contributed by atoms with Crippen LogP contribution in [0.3, 0.4) is 0 Å². The lowest BCUT2D eigenvalue weighted by molar-refractivity contribution is 0.688. The Hall–Kier alpha value is -0.150. The summed E-state index contributed by atoms with van der Waals surface area (Å²) in [6.45, 7) is 3.47. The fourth-order valence-electron chi connectivity index (χ4n) is 0.564. The van der Waals surface area contributed by atoms with Crippen LogP contribution in [-0.2, 0) is 11.0 Å². The van der Waals surface area contributed by atoms with E-state index in [2.05, 4.69) is 4.40 Å². The number of nitrogens with zero attached hydrogens (tertiary/aromatic N) is 1. The lowest BCUT2D eigenvalue weighted by Gasteiger charge is -1.85. The standard InChI is InChI=1S/C5H6ClNOS/c1-3-5(6)4(2)9(8)7-3/h1-2H3. The van der Waals surface area contributed by atoms with Crippen LogP contribution in [0.25, 0.3) is 0 Å². The van der Waals surface area contributed by atoms with Gasteiger partial charge < -0.3 is 0 Å². The summed E-state index contributed by atoms with van der Waals surface area (Å²) in [5, 5.41) is 0.549. The van der Waals surface area contributed by atoms with E-state index in [4.69, 9.17) is 11.6 Å². The van der Waals surface area contributed by atoms with Gasteiger partial charge in [0.15, 0.2) is 11.0 Å². The molecule has 0 bridgehead atoms. The van der Waals surface area contributed by atoms with Crippen molar-refractivity contribution in [1.29, 1.82) is 0 Å². The first-order chi connectivity index (χ1) is 4.13. The zero-order valence-corrected chi connectivity index (χ0v) is 6.71. The summed E-state index contributed by atoms with van der Waals surface area (Å²) >= 11 is 5.66. The third kappa shape index (κ3) is 1.07. The van der Waals surface area contributed by atoms with Gasteiger partial charge in [0.1, 0.15) is 0 Å². The molecule has 0 saturated carbocycles. The van der Waals surface area contributed by atoms with E-state index in [0.29, 0.717) is 15.6 Å². The zero-order chi connectivity index (χ0) is 7.02. The van der Waals surface area contributed by atoms with E-state index in [0.717, 1.165) is 0 Å². The molecule has 4 heteroatoms. The number of rotatable bonds is 0. The van der Waals surface area contributed by atoms with Gasteiger partial charge in [-0.05, 0) is 13.8 Å². The fourth-order valence-corrected chi connectivity index (χ4v) is 1.63. The Labute approximate surface area is 61.2 Å². The molecular formula is C5H6ClNOS. The topological polar surface area (TPSA) is 29.4 Å². The summed E-state index contributed by atoms with van der Waals surface area (Å²) in [7, 11) is -1.19. The van der Waals surface area contributed by atoms with E-state index in [1.807, 2.05) is 0 Å². The van der Waals surface area contributed by atoms with Gasteiger partial charge in [-0.15, -0.1) is 0 Å². The number of hydrogen-bond donors (Lipinski definition) is 0. The second kappa shape index (κ2) is 2.23. The van der Waals surface area contributed by atoms with Crippen molar-refractivity contribution in [3.63, 3.8) is 0 Å². The van der Waals surface area contributed by atoms with Crippen molar-refractivity contribution in [2.75, 3.05) is 0 Å². The summed E-state index contributed by atoms with van der Waals surface area (Å²) in [4.78, 5) is 0.661. The molecule has 1 rings (SSSR count). The van der Waals surface area contributed by atoms with Crippen molar-refractivity contribution >= 4 is 28.3 Å². The summed E-state index contributed by atoms with van der Waals surface area (Å²) in [5.41, 5.74) is 0.674. The van der Waals surface area contributed by atoms with Crippen LogP contribution in [0.2, 0.25) is 0 Å². The zero-order valence-electron chi connectivity index (χ0n) is 5.14. The maximum Gasteiger partial charge on any atom is 0.169 e. The van der Waals surface area contributed by atoms with Gasteiger partial charge in [0.25, 0.3) is 0 Å². The molecule has 2 nitrogen and oxygen atoms in total. The van der Waals surface area contributed by atoms with Gasteiger partial charge in [-0.25, -0.2) is 4.21 Å². The molecular weight excluding hydrogens is 158 g/mol. The summed E-state index contributed by atoms with van der Waals surface area (Å²) in [6, 6.07) is 0. The molecule has 0 saturated heterocycles. The summed E-state index contributed by atoms with van der Waals surface area (Å²) < 4.78 is 14.5. The van der Waals surface area contributed by atoms with Crippen LogP contribution in [0.1, 0.15) is 13.8 Å². The molecule has 0 aromatic carbocycles. The van der Waals surface area contributed by atoms with Crippen molar-refractivity contribution in [1.82, 2.24) is 0 Å². The Morgan fingerprint density at radius 3 is 2.22 bits per heavy atom. The maximum atomic E-state index is 10.8. The Bertz CT molecular complexity index is 231. The summed E-state index contributed by atoms with van der Waals surface area (Å²) in [5.74, 6) is 0. The molecule has 1 aliphatic heterocycles. The maximum absolute atomic E-state index is 10.8. The van der Waals surface area contributed by atoms with Crippen molar-refractivity contribution in [2.45, 2.75) is 13.8 Å². The Morgan fingerprint density at radius 2 is 2.11 bits per heavy atom. The summed E-state index contributed by atoms with van der Waals surface area (Å²) in [6.07, 6.45) is 0. The average molecular weight is 164 g/mol. The van der Waals surface area contributed by atoms with Crippen LogP contribution < -0.4 is 0 Å². The van der Waals surface area contributed by atoms with Gasteiger partial charge in [-0.3, -0.25) is 0 Å².